The van der Waals surface area contributed by atoms with Gasteiger partial charge in [-0.05, 0) is 30.9 Å². The first kappa shape index (κ1) is 16.2. The molecule has 0 radical (unpaired) electrons. The topological polar surface area (TPSA) is 91.3 Å². The molecule has 6 nitrogen and oxygen atoms in total. The molecule has 0 spiro atoms. The molecule has 1 amide bonds. The maximum atomic E-state index is 12.5. The average molecular weight is 327 g/mol. The van der Waals surface area contributed by atoms with Crippen molar-refractivity contribution in [3.05, 3.63) is 35.9 Å². The summed E-state index contributed by atoms with van der Waals surface area (Å²) < 4.78 is 0. The predicted octanol–water partition coefficient (Wildman–Crippen LogP) is 2.65. The lowest BCUT2D eigenvalue weighted by Gasteiger charge is -2.19. The molecule has 1 aromatic carbocycles. The summed E-state index contributed by atoms with van der Waals surface area (Å²) in [7, 11) is 0. The Morgan fingerprint density at radius 1 is 1.25 bits per heavy atom. The Balaban J connectivity index is 1.99. The highest BCUT2D eigenvalue weighted by molar-refractivity contribution is 6.07. The Labute approximate surface area is 140 Å². The lowest BCUT2D eigenvalue weighted by molar-refractivity contribution is -0.138. The maximum absolute atomic E-state index is 12.5. The van der Waals surface area contributed by atoms with Gasteiger partial charge in [0.25, 0.3) is 5.91 Å². The number of nitrogens with one attached hydrogen (secondary N) is 2. The normalized spacial score (nSPS) is 15.3. The van der Waals surface area contributed by atoms with Gasteiger partial charge in [0.2, 0.25) is 0 Å². The van der Waals surface area contributed by atoms with Crippen LogP contribution >= 0.6 is 0 Å². The van der Waals surface area contributed by atoms with E-state index in [2.05, 4.69) is 15.6 Å². The van der Waals surface area contributed by atoms with Gasteiger partial charge in [-0.2, -0.15) is 0 Å². The van der Waals surface area contributed by atoms with Gasteiger partial charge in [0.15, 0.2) is 0 Å². The molecule has 3 N–H and O–H groups in total. The Hall–Kier alpha value is -2.63. The number of aliphatic carboxylic acids is 1. The number of carbonyl (C=O) groups excluding carboxylic acids is 1. The van der Waals surface area contributed by atoms with Crippen LogP contribution in [0.25, 0.3) is 10.9 Å². The number of carboxylic acids is 1. The number of para-hydroxylation sites is 1. The summed E-state index contributed by atoms with van der Waals surface area (Å²) in [5.74, 6) is -0.797. The van der Waals surface area contributed by atoms with Crippen LogP contribution in [0.2, 0.25) is 0 Å². The minimum atomic E-state index is -0.941. The molecule has 3 rings (SSSR count). The number of benzene rings is 1. The van der Waals surface area contributed by atoms with Crippen molar-refractivity contribution in [2.45, 2.75) is 38.8 Å². The first-order valence-corrected chi connectivity index (χ1v) is 8.15. The van der Waals surface area contributed by atoms with Crippen molar-refractivity contribution in [3.63, 3.8) is 0 Å². The van der Waals surface area contributed by atoms with E-state index < -0.39 is 12.0 Å². The van der Waals surface area contributed by atoms with Crippen molar-refractivity contribution < 1.29 is 14.7 Å². The monoisotopic (exact) mass is 327 g/mol. The number of hydrogen-bond acceptors (Lipinski definition) is 4. The number of aromatic nitrogens is 1. The second-order valence-corrected chi connectivity index (χ2v) is 6.52. The quantitative estimate of drug-likeness (QED) is 0.759. The predicted molar refractivity (Wildman–Crippen MR) is 92.1 cm³/mol. The van der Waals surface area contributed by atoms with Crippen LogP contribution in [0.3, 0.4) is 0 Å². The molecule has 1 aliphatic rings. The number of pyridine rings is 1. The van der Waals surface area contributed by atoms with Crippen molar-refractivity contribution >= 4 is 28.6 Å². The van der Waals surface area contributed by atoms with Gasteiger partial charge in [0.1, 0.15) is 11.9 Å². The van der Waals surface area contributed by atoms with Crippen molar-refractivity contribution in [3.8, 4) is 0 Å². The van der Waals surface area contributed by atoms with E-state index in [0.29, 0.717) is 16.9 Å². The molecule has 1 aliphatic carbocycles. The van der Waals surface area contributed by atoms with E-state index in [0.717, 1.165) is 18.2 Å². The lowest BCUT2D eigenvalue weighted by atomic mass is 10.0. The van der Waals surface area contributed by atoms with E-state index in [-0.39, 0.29) is 17.9 Å². The van der Waals surface area contributed by atoms with E-state index >= 15 is 0 Å². The van der Waals surface area contributed by atoms with Gasteiger partial charge in [0, 0.05) is 11.4 Å². The first-order chi connectivity index (χ1) is 11.5. The number of carboxylic acid groups (broad SMARTS) is 1. The van der Waals surface area contributed by atoms with Gasteiger partial charge in [-0.3, -0.25) is 4.79 Å². The summed E-state index contributed by atoms with van der Waals surface area (Å²) in [5, 5.41) is 16.0. The van der Waals surface area contributed by atoms with Crippen LogP contribution in [-0.2, 0) is 4.79 Å². The van der Waals surface area contributed by atoms with Crippen LogP contribution in [0.4, 0.5) is 5.82 Å². The van der Waals surface area contributed by atoms with E-state index in [1.807, 2.05) is 38.1 Å². The third kappa shape index (κ3) is 3.48. The van der Waals surface area contributed by atoms with Crippen LogP contribution in [0.15, 0.2) is 30.3 Å². The van der Waals surface area contributed by atoms with Gasteiger partial charge in [-0.15, -0.1) is 0 Å². The molecule has 0 saturated heterocycles. The van der Waals surface area contributed by atoms with Gasteiger partial charge in [-0.25, -0.2) is 9.78 Å². The van der Waals surface area contributed by atoms with E-state index in [4.69, 9.17) is 0 Å². The molecule has 24 heavy (non-hydrogen) atoms. The fourth-order valence-electron chi connectivity index (χ4n) is 2.60. The summed E-state index contributed by atoms with van der Waals surface area (Å²) in [4.78, 5) is 28.4. The molecule has 1 atom stereocenters. The summed E-state index contributed by atoms with van der Waals surface area (Å²) in [6.07, 6.45) is 2.02. The van der Waals surface area contributed by atoms with Gasteiger partial charge < -0.3 is 15.7 Å². The zero-order valence-electron chi connectivity index (χ0n) is 13.7. The minimum absolute atomic E-state index is 0.112. The molecular formula is C18H21N3O3. The number of hydrogen-bond donors (Lipinski definition) is 3. The summed E-state index contributed by atoms with van der Waals surface area (Å²) >= 11 is 0. The second-order valence-electron chi connectivity index (χ2n) is 6.52. The first-order valence-electron chi connectivity index (χ1n) is 8.15. The highest BCUT2D eigenvalue weighted by Crippen LogP contribution is 2.24. The molecule has 0 unspecified atom stereocenters. The highest BCUT2D eigenvalue weighted by atomic mass is 16.4. The number of fused-ring (bicyclic) bond motifs is 1. The number of nitrogens with zero attached hydrogens (tertiary/aromatic N) is 1. The summed E-state index contributed by atoms with van der Waals surface area (Å²) in [5.41, 5.74) is 1.18. The lowest BCUT2D eigenvalue weighted by Crippen LogP contribution is -2.34. The zero-order valence-corrected chi connectivity index (χ0v) is 13.7. The summed E-state index contributed by atoms with van der Waals surface area (Å²) in [6, 6.07) is 8.50. The average Bonchev–Trinajstić information content (AvgIpc) is 3.35. The molecule has 1 aromatic heterocycles. The SMILES string of the molecule is CC(C)[C@@H](Nc1cc(C(=O)NC2CC2)c2ccccc2n1)C(=O)O. The molecule has 126 valence electrons. The zero-order chi connectivity index (χ0) is 17.3. The second kappa shape index (κ2) is 6.47. The molecule has 1 fully saturated rings. The van der Waals surface area contributed by atoms with Crippen molar-refractivity contribution in [2.75, 3.05) is 5.32 Å². The van der Waals surface area contributed by atoms with Gasteiger partial charge >= 0.3 is 5.97 Å². The fourth-order valence-corrected chi connectivity index (χ4v) is 2.60. The number of anilines is 1. The van der Waals surface area contributed by atoms with Crippen LogP contribution in [0, 0.1) is 5.92 Å². The molecule has 0 aliphatic heterocycles. The van der Waals surface area contributed by atoms with E-state index in [1.165, 1.54) is 0 Å². The van der Waals surface area contributed by atoms with Gasteiger partial charge in [0.05, 0.1) is 11.1 Å². The molecular weight excluding hydrogens is 306 g/mol. The minimum Gasteiger partial charge on any atom is -0.480 e. The Bertz CT molecular complexity index is 784. The maximum Gasteiger partial charge on any atom is 0.326 e. The smallest absolute Gasteiger partial charge is 0.326 e. The van der Waals surface area contributed by atoms with E-state index in [9.17, 15) is 14.7 Å². The Morgan fingerprint density at radius 2 is 1.96 bits per heavy atom. The highest BCUT2D eigenvalue weighted by Gasteiger charge is 2.26. The fraction of sp³-hybridized carbons (Fsp3) is 0.389. The molecule has 0 bridgehead atoms. The molecule has 1 saturated carbocycles. The van der Waals surface area contributed by atoms with Crippen molar-refractivity contribution in [1.29, 1.82) is 0 Å². The Morgan fingerprint density at radius 3 is 2.58 bits per heavy atom. The van der Waals surface area contributed by atoms with Crippen molar-refractivity contribution in [1.82, 2.24) is 10.3 Å². The van der Waals surface area contributed by atoms with Crippen LogP contribution in [0.5, 0.6) is 0 Å². The number of carbonyl (C=O) groups is 2. The molecule has 1 heterocycles. The molecule has 6 heteroatoms. The third-order valence-electron chi connectivity index (χ3n) is 4.11. The number of amides is 1. The van der Waals surface area contributed by atoms with Crippen molar-refractivity contribution in [2.24, 2.45) is 5.92 Å². The van der Waals surface area contributed by atoms with Crippen LogP contribution in [-0.4, -0.2) is 34.1 Å². The van der Waals surface area contributed by atoms with E-state index in [1.54, 1.807) is 6.07 Å². The van der Waals surface area contributed by atoms with Gasteiger partial charge in [-0.1, -0.05) is 32.0 Å². The standard InChI is InChI=1S/C18H21N3O3/c1-10(2)16(18(23)24)21-15-9-13(17(22)19-11-7-8-11)12-5-3-4-6-14(12)20-15/h3-6,9-11,16H,7-8H2,1-2H3,(H,19,22)(H,20,21)(H,23,24)/t16-/m1/s1. The van der Waals surface area contributed by atoms with Crippen LogP contribution in [0.1, 0.15) is 37.0 Å². The largest absolute Gasteiger partial charge is 0.480 e. The third-order valence-corrected chi connectivity index (χ3v) is 4.11. The Kier molecular flexibility index (Phi) is 4.38. The number of rotatable bonds is 6. The summed E-state index contributed by atoms with van der Waals surface area (Å²) in [6.45, 7) is 3.65. The molecule has 2 aromatic rings. The van der Waals surface area contributed by atoms with Crippen LogP contribution < -0.4 is 10.6 Å².